The number of likely N-dealkylation sites (N-methyl/N-ethyl adjacent to an activating group) is 1. The van der Waals surface area contributed by atoms with Crippen LogP contribution in [0.25, 0.3) is 10.9 Å². The normalized spacial score (nSPS) is 11.0. The number of fused-ring (bicyclic) bond motifs is 1. The number of carbonyl (C=O) groups is 1. The number of H-pyrrole nitrogens is 1. The Kier molecular flexibility index (Phi) is 9.64. The van der Waals surface area contributed by atoms with Gasteiger partial charge in [0.25, 0.3) is 0 Å². The van der Waals surface area contributed by atoms with E-state index in [9.17, 15) is 4.79 Å². The Labute approximate surface area is 200 Å². The molecule has 0 aliphatic carbocycles. The Morgan fingerprint density at radius 3 is 2.52 bits per heavy atom. The number of nitrogens with zero attached hydrogens (tertiary/aromatic N) is 2. The van der Waals surface area contributed by atoms with Gasteiger partial charge in [0.15, 0.2) is 5.96 Å². The number of benzene rings is 2. The SMILES string of the molecule is COc1ccc(CN=C(NCCc2cc3ccccc3[nH]2)NCC(=O)N(C)C)cc1.I. The average molecular weight is 535 g/mol. The van der Waals surface area contributed by atoms with Crippen LogP contribution in [0.1, 0.15) is 11.3 Å². The number of hydrogen-bond donors (Lipinski definition) is 3. The molecule has 0 saturated carbocycles. The molecular weight excluding hydrogens is 505 g/mol. The predicted octanol–water partition coefficient (Wildman–Crippen LogP) is 3.16. The van der Waals surface area contributed by atoms with Gasteiger partial charge >= 0.3 is 0 Å². The first-order valence-electron chi connectivity index (χ1n) is 9.97. The number of nitrogens with one attached hydrogen (secondary N) is 3. The van der Waals surface area contributed by atoms with E-state index in [2.05, 4.69) is 38.8 Å². The van der Waals surface area contributed by atoms with Crippen LogP contribution in [0.3, 0.4) is 0 Å². The van der Waals surface area contributed by atoms with Gasteiger partial charge in [-0.15, -0.1) is 24.0 Å². The standard InChI is InChI=1S/C23H29N5O2.HI/c1-28(2)22(29)16-26-23(25-15-17-8-10-20(30-3)11-9-17)24-13-12-19-14-18-6-4-5-7-21(18)27-19;/h4-11,14,27H,12-13,15-16H2,1-3H3,(H2,24,25,26);1H. The topological polar surface area (TPSA) is 81.7 Å². The number of aliphatic imine (C=N–C) groups is 1. The molecule has 1 aromatic heterocycles. The highest BCUT2D eigenvalue weighted by Gasteiger charge is 2.07. The van der Waals surface area contributed by atoms with Crippen molar-refractivity contribution in [1.29, 1.82) is 0 Å². The molecule has 8 heteroatoms. The van der Waals surface area contributed by atoms with Crippen molar-refractivity contribution in [3.8, 4) is 5.75 Å². The number of amides is 1. The minimum absolute atomic E-state index is 0. The molecule has 0 spiro atoms. The van der Waals surface area contributed by atoms with E-state index in [-0.39, 0.29) is 36.4 Å². The molecule has 3 N–H and O–H groups in total. The van der Waals surface area contributed by atoms with Crippen LogP contribution in [-0.2, 0) is 17.8 Å². The molecule has 0 atom stereocenters. The molecule has 3 rings (SSSR count). The van der Waals surface area contributed by atoms with E-state index in [1.807, 2.05) is 36.4 Å². The van der Waals surface area contributed by atoms with E-state index in [1.165, 1.54) is 5.39 Å². The number of rotatable bonds is 8. The summed E-state index contributed by atoms with van der Waals surface area (Å²) in [5.41, 5.74) is 3.35. The molecule has 0 unspecified atom stereocenters. The van der Waals surface area contributed by atoms with Gasteiger partial charge in [-0.2, -0.15) is 0 Å². The minimum atomic E-state index is -0.00966. The predicted molar refractivity (Wildman–Crippen MR) is 136 cm³/mol. The summed E-state index contributed by atoms with van der Waals surface area (Å²) >= 11 is 0. The number of carbonyl (C=O) groups excluding carboxylic acids is 1. The molecule has 0 aliphatic rings. The molecular formula is C23H30IN5O2. The lowest BCUT2D eigenvalue weighted by Gasteiger charge is -2.15. The number of hydrogen-bond acceptors (Lipinski definition) is 3. The molecule has 1 amide bonds. The van der Waals surface area contributed by atoms with Gasteiger partial charge < -0.3 is 25.3 Å². The van der Waals surface area contributed by atoms with Gasteiger partial charge in [0.1, 0.15) is 5.75 Å². The fourth-order valence-corrected chi connectivity index (χ4v) is 2.98. The fourth-order valence-electron chi connectivity index (χ4n) is 2.98. The molecule has 1 heterocycles. The van der Waals surface area contributed by atoms with E-state index in [0.717, 1.165) is 28.9 Å². The highest BCUT2D eigenvalue weighted by atomic mass is 127. The summed E-state index contributed by atoms with van der Waals surface area (Å²) in [6, 6.07) is 18.2. The van der Waals surface area contributed by atoms with Crippen molar-refractivity contribution in [1.82, 2.24) is 20.5 Å². The van der Waals surface area contributed by atoms with Crippen LogP contribution in [0.4, 0.5) is 0 Å². The molecule has 0 bridgehead atoms. The Balaban J connectivity index is 0.00000341. The quantitative estimate of drug-likeness (QED) is 0.235. The van der Waals surface area contributed by atoms with Crippen LogP contribution in [0, 0.1) is 0 Å². The number of ether oxygens (including phenoxy) is 1. The highest BCUT2D eigenvalue weighted by Crippen LogP contribution is 2.14. The number of aromatic amines is 1. The molecule has 7 nitrogen and oxygen atoms in total. The van der Waals surface area contributed by atoms with Crippen LogP contribution in [0.2, 0.25) is 0 Å². The molecule has 0 radical (unpaired) electrons. The molecule has 0 aliphatic heterocycles. The number of methoxy groups -OCH3 is 1. The first kappa shape index (κ1) is 24.5. The molecule has 31 heavy (non-hydrogen) atoms. The lowest BCUT2D eigenvalue weighted by Crippen LogP contribution is -2.43. The van der Waals surface area contributed by atoms with Crippen molar-refractivity contribution in [3.63, 3.8) is 0 Å². The number of guanidine groups is 1. The third-order valence-electron chi connectivity index (χ3n) is 4.76. The number of para-hydroxylation sites is 1. The van der Waals surface area contributed by atoms with Gasteiger partial charge in [0.2, 0.25) is 5.91 Å². The van der Waals surface area contributed by atoms with E-state index >= 15 is 0 Å². The van der Waals surface area contributed by atoms with Crippen molar-refractivity contribution >= 4 is 46.7 Å². The summed E-state index contributed by atoms with van der Waals surface area (Å²) in [5, 5.41) is 7.65. The first-order valence-corrected chi connectivity index (χ1v) is 9.97. The van der Waals surface area contributed by atoms with Gasteiger partial charge in [-0.3, -0.25) is 4.79 Å². The number of aromatic nitrogens is 1. The smallest absolute Gasteiger partial charge is 0.241 e. The zero-order chi connectivity index (χ0) is 21.3. The largest absolute Gasteiger partial charge is 0.497 e. The van der Waals surface area contributed by atoms with Gasteiger partial charge in [0, 0.05) is 38.3 Å². The van der Waals surface area contributed by atoms with Crippen LogP contribution >= 0.6 is 24.0 Å². The van der Waals surface area contributed by atoms with Gasteiger partial charge in [0.05, 0.1) is 20.2 Å². The second-order valence-corrected chi connectivity index (χ2v) is 7.21. The summed E-state index contributed by atoms with van der Waals surface area (Å²) in [4.78, 5) is 21.6. The second-order valence-electron chi connectivity index (χ2n) is 7.21. The zero-order valence-corrected chi connectivity index (χ0v) is 20.5. The van der Waals surface area contributed by atoms with Crippen molar-refractivity contribution < 1.29 is 9.53 Å². The maximum Gasteiger partial charge on any atom is 0.241 e. The Morgan fingerprint density at radius 1 is 1.10 bits per heavy atom. The summed E-state index contributed by atoms with van der Waals surface area (Å²) < 4.78 is 5.19. The highest BCUT2D eigenvalue weighted by molar-refractivity contribution is 14.0. The maximum absolute atomic E-state index is 11.9. The maximum atomic E-state index is 11.9. The van der Waals surface area contributed by atoms with Crippen LogP contribution in [-0.4, -0.2) is 56.0 Å². The minimum Gasteiger partial charge on any atom is -0.497 e. The summed E-state index contributed by atoms with van der Waals surface area (Å²) in [5.74, 6) is 1.41. The summed E-state index contributed by atoms with van der Waals surface area (Å²) in [6.45, 7) is 1.38. The lowest BCUT2D eigenvalue weighted by molar-refractivity contribution is -0.127. The molecule has 2 aromatic carbocycles. The van der Waals surface area contributed by atoms with E-state index < -0.39 is 0 Å². The molecule has 0 fully saturated rings. The first-order chi connectivity index (χ1) is 14.5. The molecule has 166 valence electrons. The van der Waals surface area contributed by atoms with Gasteiger partial charge in [-0.1, -0.05) is 30.3 Å². The summed E-state index contributed by atoms with van der Waals surface area (Å²) in [7, 11) is 5.12. The van der Waals surface area contributed by atoms with Crippen molar-refractivity contribution in [2.75, 3.05) is 34.3 Å². The second kappa shape index (κ2) is 12.2. The van der Waals surface area contributed by atoms with Crippen LogP contribution < -0.4 is 15.4 Å². The molecule has 0 saturated heterocycles. The zero-order valence-electron chi connectivity index (χ0n) is 18.1. The monoisotopic (exact) mass is 535 g/mol. The Hall–Kier alpha value is -2.75. The van der Waals surface area contributed by atoms with E-state index in [1.54, 1.807) is 26.1 Å². The molecule has 3 aromatic rings. The number of halogens is 1. The fraction of sp³-hybridized carbons (Fsp3) is 0.304. The van der Waals surface area contributed by atoms with E-state index in [0.29, 0.717) is 19.0 Å². The van der Waals surface area contributed by atoms with Gasteiger partial charge in [-0.25, -0.2) is 4.99 Å². The van der Waals surface area contributed by atoms with Crippen molar-refractivity contribution in [2.45, 2.75) is 13.0 Å². The Bertz CT molecular complexity index is 966. The van der Waals surface area contributed by atoms with Crippen molar-refractivity contribution in [3.05, 3.63) is 65.9 Å². The summed E-state index contributed by atoms with van der Waals surface area (Å²) in [6.07, 6.45) is 0.819. The third-order valence-corrected chi connectivity index (χ3v) is 4.76. The van der Waals surface area contributed by atoms with Crippen molar-refractivity contribution in [2.24, 2.45) is 4.99 Å². The van der Waals surface area contributed by atoms with Gasteiger partial charge in [-0.05, 0) is 35.2 Å². The third kappa shape index (κ3) is 7.46. The van der Waals surface area contributed by atoms with E-state index in [4.69, 9.17) is 4.74 Å². The van der Waals surface area contributed by atoms with Crippen LogP contribution in [0.15, 0.2) is 59.6 Å². The average Bonchev–Trinajstić information content (AvgIpc) is 3.18. The Morgan fingerprint density at radius 2 is 1.84 bits per heavy atom. The van der Waals surface area contributed by atoms with Crippen LogP contribution in [0.5, 0.6) is 5.75 Å². The lowest BCUT2D eigenvalue weighted by atomic mass is 10.2.